The molecule has 1 aromatic carbocycles. The summed E-state index contributed by atoms with van der Waals surface area (Å²) in [6.07, 6.45) is 2.26. The van der Waals surface area contributed by atoms with E-state index >= 15 is 0 Å². The van der Waals surface area contributed by atoms with Crippen LogP contribution in [0.3, 0.4) is 0 Å². The highest BCUT2D eigenvalue weighted by Gasteiger charge is 2.44. The molecule has 1 heterocycles. The number of carboxylic acid groups (broad SMARTS) is 1. The number of ether oxygens (including phenoxy) is 2. The van der Waals surface area contributed by atoms with Crippen LogP contribution in [-0.2, 0) is 15.3 Å². The standard InChI is InChI=1S/C15H16O4S2/c1-18-11-3-4-12(19-2)13-10(11)7-9(14(16)17)8-15(13)20-5-6-21-15/h3-4,8H,5-7H2,1-2H3,(H,16,17). The smallest absolute Gasteiger partial charge is 0.331 e. The van der Waals surface area contributed by atoms with Gasteiger partial charge in [-0.1, -0.05) is 0 Å². The van der Waals surface area contributed by atoms with E-state index in [0.717, 1.165) is 34.1 Å². The maximum absolute atomic E-state index is 11.5. The molecule has 21 heavy (non-hydrogen) atoms. The molecule has 0 amide bonds. The summed E-state index contributed by atoms with van der Waals surface area (Å²) in [6.45, 7) is 0. The van der Waals surface area contributed by atoms with Crippen molar-refractivity contribution in [1.29, 1.82) is 0 Å². The van der Waals surface area contributed by atoms with Crippen molar-refractivity contribution in [1.82, 2.24) is 0 Å². The van der Waals surface area contributed by atoms with Gasteiger partial charge in [0.1, 0.15) is 15.6 Å². The SMILES string of the molecule is COc1ccc(OC)c2c1CC(C(=O)O)=CC21SCCS1. The molecular formula is C15H16O4S2. The van der Waals surface area contributed by atoms with E-state index in [1.165, 1.54) is 0 Å². The molecule has 0 atom stereocenters. The van der Waals surface area contributed by atoms with E-state index in [9.17, 15) is 9.90 Å². The van der Waals surface area contributed by atoms with Crippen LogP contribution in [0.1, 0.15) is 11.1 Å². The molecule has 2 aliphatic rings. The van der Waals surface area contributed by atoms with Gasteiger partial charge in [-0.25, -0.2) is 4.79 Å². The third-order valence-electron chi connectivity index (χ3n) is 3.74. The minimum absolute atomic E-state index is 0.369. The van der Waals surface area contributed by atoms with Crippen molar-refractivity contribution in [3.8, 4) is 11.5 Å². The molecule has 1 aliphatic heterocycles. The number of carbonyl (C=O) groups is 1. The average Bonchev–Trinajstić information content (AvgIpc) is 2.94. The van der Waals surface area contributed by atoms with Gasteiger partial charge in [0.25, 0.3) is 0 Å². The Morgan fingerprint density at radius 2 is 1.81 bits per heavy atom. The Balaban J connectivity index is 2.26. The highest BCUT2D eigenvalue weighted by molar-refractivity contribution is 8.20. The van der Waals surface area contributed by atoms with Gasteiger partial charge in [0.05, 0.1) is 14.2 Å². The maximum Gasteiger partial charge on any atom is 0.331 e. The van der Waals surface area contributed by atoms with Crippen LogP contribution in [0.25, 0.3) is 0 Å². The van der Waals surface area contributed by atoms with Crippen LogP contribution in [0.2, 0.25) is 0 Å². The first-order chi connectivity index (χ1) is 10.1. The van der Waals surface area contributed by atoms with Crippen LogP contribution in [0, 0.1) is 0 Å². The fraction of sp³-hybridized carbons (Fsp3) is 0.400. The Labute approximate surface area is 131 Å². The number of benzene rings is 1. The Kier molecular flexibility index (Phi) is 3.84. The fourth-order valence-electron chi connectivity index (χ4n) is 2.86. The molecule has 1 N–H and O–H groups in total. The number of aliphatic carboxylic acids is 1. The third kappa shape index (κ3) is 2.30. The summed E-state index contributed by atoms with van der Waals surface area (Å²) in [5.41, 5.74) is 2.41. The van der Waals surface area contributed by atoms with E-state index in [1.807, 2.05) is 18.2 Å². The minimum Gasteiger partial charge on any atom is -0.496 e. The van der Waals surface area contributed by atoms with Crippen LogP contribution in [0.15, 0.2) is 23.8 Å². The van der Waals surface area contributed by atoms with Crippen molar-refractivity contribution in [2.75, 3.05) is 25.7 Å². The predicted octanol–water partition coefficient (Wildman–Crippen LogP) is 2.90. The van der Waals surface area contributed by atoms with Crippen molar-refractivity contribution in [3.63, 3.8) is 0 Å². The molecule has 1 aromatic rings. The van der Waals surface area contributed by atoms with Gasteiger partial charge in [0.15, 0.2) is 0 Å². The van der Waals surface area contributed by atoms with Gasteiger partial charge in [-0.05, 0) is 18.2 Å². The maximum atomic E-state index is 11.5. The molecule has 3 rings (SSSR count). The molecule has 0 bridgehead atoms. The highest BCUT2D eigenvalue weighted by atomic mass is 32.2. The Bertz CT molecular complexity index is 618. The van der Waals surface area contributed by atoms with Crippen molar-refractivity contribution in [2.24, 2.45) is 0 Å². The van der Waals surface area contributed by atoms with E-state index < -0.39 is 5.97 Å². The van der Waals surface area contributed by atoms with Gasteiger partial charge in [0.2, 0.25) is 0 Å². The first-order valence-electron chi connectivity index (χ1n) is 6.58. The molecule has 0 aromatic heterocycles. The van der Waals surface area contributed by atoms with E-state index in [1.54, 1.807) is 37.7 Å². The first kappa shape index (κ1) is 14.7. The average molecular weight is 324 g/mol. The lowest BCUT2D eigenvalue weighted by atomic mass is 9.89. The highest BCUT2D eigenvalue weighted by Crippen LogP contribution is 2.59. The number of rotatable bonds is 3. The second kappa shape index (κ2) is 5.50. The fourth-order valence-corrected chi connectivity index (χ4v) is 6.16. The Hall–Kier alpha value is -1.27. The van der Waals surface area contributed by atoms with Gasteiger partial charge in [-0.3, -0.25) is 0 Å². The third-order valence-corrected chi connectivity index (χ3v) is 7.03. The second-order valence-corrected chi connectivity index (χ2v) is 7.78. The van der Waals surface area contributed by atoms with E-state index in [4.69, 9.17) is 9.47 Å². The molecule has 1 fully saturated rings. The minimum atomic E-state index is -0.863. The lowest BCUT2D eigenvalue weighted by Gasteiger charge is -2.33. The summed E-state index contributed by atoms with van der Waals surface area (Å²) in [6, 6.07) is 3.75. The molecule has 0 saturated carbocycles. The van der Waals surface area contributed by atoms with E-state index in [0.29, 0.717) is 12.0 Å². The molecule has 4 nitrogen and oxygen atoms in total. The van der Waals surface area contributed by atoms with Crippen LogP contribution in [0.5, 0.6) is 11.5 Å². The summed E-state index contributed by atoms with van der Waals surface area (Å²) in [5, 5.41) is 9.44. The van der Waals surface area contributed by atoms with E-state index in [-0.39, 0.29) is 4.08 Å². The summed E-state index contributed by atoms with van der Waals surface area (Å²) in [5.74, 6) is 2.65. The lowest BCUT2D eigenvalue weighted by molar-refractivity contribution is -0.132. The van der Waals surface area contributed by atoms with Crippen molar-refractivity contribution < 1.29 is 19.4 Å². The molecule has 112 valence electrons. The Morgan fingerprint density at radius 1 is 1.19 bits per heavy atom. The molecule has 6 heteroatoms. The number of fused-ring (bicyclic) bond motifs is 2. The van der Waals surface area contributed by atoms with E-state index in [2.05, 4.69) is 0 Å². The van der Waals surface area contributed by atoms with Gasteiger partial charge in [0, 0.05) is 34.6 Å². The predicted molar refractivity (Wildman–Crippen MR) is 85.6 cm³/mol. The van der Waals surface area contributed by atoms with Gasteiger partial charge < -0.3 is 14.6 Å². The molecule has 0 unspecified atom stereocenters. The molecule has 1 saturated heterocycles. The number of methoxy groups -OCH3 is 2. The summed E-state index contributed by atoms with van der Waals surface area (Å²) < 4.78 is 10.6. The molecule has 0 radical (unpaired) electrons. The first-order valence-corrected chi connectivity index (χ1v) is 8.55. The van der Waals surface area contributed by atoms with Crippen LogP contribution in [0.4, 0.5) is 0 Å². The van der Waals surface area contributed by atoms with Crippen LogP contribution < -0.4 is 9.47 Å². The topological polar surface area (TPSA) is 55.8 Å². The van der Waals surface area contributed by atoms with Crippen LogP contribution >= 0.6 is 23.5 Å². The number of hydrogen-bond acceptors (Lipinski definition) is 5. The monoisotopic (exact) mass is 324 g/mol. The quantitative estimate of drug-likeness (QED) is 0.922. The summed E-state index contributed by atoms with van der Waals surface area (Å²) >= 11 is 3.53. The van der Waals surface area contributed by atoms with Gasteiger partial charge in [-0.2, -0.15) is 0 Å². The number of thioether (sulfide) groups is 2. The molecular weight excluding hydrogens is 308 g/mol. The van der Waals surface area contributed by atoms with Gasteiger partial charge >= 0.3 is 5.97 Å². The van der Waals surface area contributed by atoms with Crippen LogP contribution in [-0.4, -0.2) is 36.8 Å². The summed E-state index contributed by atoms with van der Waals surface area (Å²) in [7, 11) is 3.26. The normalized spacial score (nSPS) is 19.0. The lowest BCUT2D eigenvalue weighted by Crippen LogP contribution is -2.24. The second-order valence-electron chi connectivity index (χ2n) is 4.84. The zero-order chi connectivity index (χ0) is 15.0. The Morgan fingerprint density at radius 3 is 2.38 bits per heavy atom. The van der Waals surface area contributed by atoms with Gasteiger partial charge in [-0.15, -0.1) is 23.5 Å². The number of carboxylic acids is 1. The zero-order valence-electron chi connectivity index (χ0n) is 11.8. The molecule has 1 spiro atoms. The number of hydrogen-bond donors (Lipinski definition) is 1. The van der Waals surface area contributed by atoms with Crippen molar-refractivity contribution in [2.45, 2.75) is 10.5 Å². The largest absolute Gasteiger partial charge is 0.496 e. The molecule has 1 aliphatic carbocycles. The van der Waals surface area contributed by atoms with Crippen molar-refractivity contribution in [3.05, 3.63) is 34.9 Å². The zero-order valence-corrected chi connectivity index (χ0v) is 13.5. The van der Waals surface area contributed by atoms with Crippen molar-refractivity contribution >= 4 is 29.5 Å². The summed E-state index contributed by atoms with van der Waals surface area (Å²) in [4.78, 5) is 11.5.